The second kappa shape index (κ2) is 7.36. The molecule has 0 aliphatic carbocycles. The van der Waals surface area contributed by atoms with Crippen LogP contribution in [0.4, 0.5) is 10.5 Å². The summed E-state index contributed by atoms with van der Waals surface area (Å²) in [6.07, 6.45) is 2.18. The molecule has 0 spiro atoms. The number of nitrogens with zero attached hydrogens (tertiary/aromatic N) is 1. The molecule has 1 fully saturated rings. The number of anilines is 1. The number of nitrogen functional groups attached to an aromatic ring is 1. The molecule has 1 aromatic rings. The third-order valence-electron chi connectivity index (χ3n) is 3.94. The van der Waals surface area contributed by atoms with Crippen molar-refractivity contribution in [1.82, 2.24) is 10.3 Å². The van der Waals surface area contributed by atoms with E-state index in [0.717, 1.165) is 5.56 Å². The summed E-state index contributed by atoms with van der Waals surface area (Å²) in [5, 5.41) is 13.2. The predicted molar refractivity (Wildman–Crippen MR) is 90.3 cm³/mol. The number of alkyl carbamates (subject to hydrolysis) is 1. The van der Waals surface area contributed by atoms with Gasteiger partial charge in [0.25, 0.3) is 0 Å². The van der Waals surface area contributed by atoms with Crippen LogP contribution < -0.4 is 11.1 Å². The standard InChI is InChI=1S/C17H27N3O4/c1-5-13-15(21)12(20-16(22)24-17(2,3)4)8-14(23-13)10-6-7-19-9-11(10)18/h6-7,9,12-15,21H,5,8,18H2,1-4H3,(H,20,22). The van der Waals surface area contributed by atoms with Gasteiger partial charge in [0.1, 0.15) is 11.7 Å². The van der Waals surface area contributed by atoms with Crippen LogP contribution in [-0.2, 0) is 9.47 Å². The Kier molecular flexibility index (Phi) is 5.66. The van der Waals surface area contributed by atoms with Crippen LogP contribution in [0, 0.1) is 0 Å². The van der Waals surface area contributed by atoms with Crippen molar-refractivity contribution in [2.45, 2.75) is 70.5 Å². The summed E-state index contributed by atoms with van der Waals surface area (Å²) in [4.78, 5) is 16.0. The lowest BCUT2D eigenvalue weighted by Crippen LogP contribution is -2.54. The molecule has 1 amide bonds. The Hall–Kier alpha value is -1.86. The maximum Gasteiger partial charge on any atom is 0.407 e. The molecular formula is C17H27N3O4. The molecule has 4 N–H and O–H groups in total. The monoisotopic (exact) mass is 337 g/mol. The number of pyridine rings is 1. The van der Waals surface area contributed by atoms with Gasteiger partial charge in [-0.15, -0.1) is 0 Å². The summed E-state index contributed by atoms with van der Waals surface area (Å²) >= 11 is 0. The average Bonchev–Trinajstić information content (AvgIpc) is 2.48. The van der Waals surface area contributed by atoms with E-state index < -0.39 is 29.9 Å². The van der Waals surface area contributed by atoms with Gasteiger partial charge in [-0.25, -0.2) is 4.79 Å². The maximum atomic E-state index is 12.1. The lowest BCUT2D eigenvalue weighted by molar-refractivity contribution is -0.134. The van der Waals surface area contributed by atoms with Gasteiger partial charge < -0.3 is 25.6 Å². The van der Waals surface area contributed by atoms with E-state index >= 15 is 0 Å². The van der Waals surface area contributed by atoms with Crippen molar-refractivity contribution in [2.24, 2.45) is 0 Å². The first-order valence-electron chi connectivity index (χ1n) is 8.23. The Bertz CT molecular complexity index is 573. The van der Waals surface area contributed by atoms with E-state index in [1.165, 1.54) is 0 Å². The van der Waals surface area contributed by atoms with Gasteiger partial charge in [0.2, 0.25) is 0 Å². The number of hydrogen-bond acceptors (Lipinski definition) is 6. The molecule has 1 aliphatic rings. The summed E-state index contributed by atoms with van der Waals surface area (Å²) in [7, 11) is 0. The van der Waals surface area contributed by atoms with E-state index in [0.29, 0.717) is 18.5 Å². The SMILES string of the molecule is CCC1OC(c2ccncc2N)CC(NC(=O)OC(C)(C)C)C1O. The Labute approximate surface area is 142 Å². The number of aromatic nitrogens is 1. The van der Waals surface area contributed by atoms with Crippen molar-refractivity contribution < 1.29 is 19.4 Å². The summed E-state index contributed by atoms with van der Waals surface area (Å²) in [5.74, 6) is 0. The number of amides is 1. The zero-order valence-electron chi connectivity index (χ0n) is 14.7. The molecule has 1 aromatic heterocycles. The average molecular weight is 337 g/mol. The summed E-state index contributed by atoms with van der Waals surface area (Å²) in [5.41, 5.74) is 6.73. The first-order valence-corrected chi connectivity index (χ1v) is 8.23. The van der Waals surface area contributed by atoms with Crippen LogP contribution in [0.25, 0.3) is 0 Å². The van der Waals surface area contributed by atoms with Crippen molar-refractivity contribution >= 4 is 11.8 Å². The molecule has 7 heteroatoms. The van der Waals surface area contributed by atoms with E-state index in [2.05, 4.69) is 10.3 Å². The molecule has 1 aliphatic heterocycles. The zero-order valence-corrected chi connectivity index (χ0v) is 14.7. The van der Waals surface area contributed by atoms with E-state index in [1.807, 2.05) is 6.92 Å². The molecule has 134 valence electrons. The normalized spacial score (nSPS) is 27.5. The number of nitrogens with two attached hydrogens (primary N) is 1. The van der Waals surface area contributed by atoms with E-state index in [9.17, 15) is 9.90 Å². The van der Waals surface area contributed by atoms with Crippen molar-refractivity contribution in [1.29, 1.82) is 0 Å². The summed E-state index contributed by atoms with van der Waals surface area (Å²) in [6, 6.07) is 1.32. The first kappa shape index (κ1) is 18.5. The van der Waals surface area contributed by atoms with Gasteiger partial charge in [-0.2, -0.15) is 0 Å². The molecular weight excluding hydrogens is 310 g/mol. The van der Waals surface area contributed by atoms with Crippen LogP contribution in [0.3, 0.4) is 0 Å². The van der Waals surface area contributed by atoms with Gasteiger partial charge in [-0.1, -0.05) is 6.92 Å². The molecule has 1 saturated heterocycles. The molecule has 24 heavy (non-hydrogen) atoms. The fourth-order valence-corrected chi connectivity index (χ4v) is 2.83. The first-order chi connectivity index (χ1) is 11.2. The van der Waals surface area contributed by atoms with Crippen LogP contribution in [0.1, 0.15) is 52.2 Å². The molecule has 7 nitrogen and oxygen atoms in total. The Balaban J connectivity index is 2.14. The molecule has 2 heterocycles. The van der Waals surface area contributed by atoms with Crippen molar-refractivity contribution in [3.05, 3.63) is 24.0 Å². The van der Waals surface area contributed by atoms with E-state index in [4.69, 9.17) is 15.2 Å². The number of carbonyl (C=O) groups excluding carboxylic acids is 1. The second-order valence-electron chi connectivity index (χ2n) is 7.06. The quantitative estimate of drug-likeness (QED) is 0.780. The topological polar surface area (TPSA) is 107 Å². The van der Waals surface area contributed by atoms with Gasteiger partial charge in [-0.05, 0) is 33.3 Å². The van der Waals surface area contributed by atoms with E-state index in [-0.39, 0.29) is 6.10 Å². The lowest BCUT2D eigenvalue weighted by Gasteiger charge is -2.40. The number of nitrogens with one attached hydrogen (secondary N) is 1. The van der Waals surface area contributed by atoms with Gasteiger partial charge in [0.15, 0.2) is 0 Å². The Morgan fingerprint density at radius 3 is 2.83 bits per heavy atom. The van der Waals surface area contributed by atoms with Crippen molar-refractivity contribution in [3.8, 4) is 0 Å². The Morgan fingerprint density at radius 1 is 1.54 bits per heavy atom. The summed E-state index contributed by atoms with van der Waals surface area (Å²) in [6.45, 7) is 7.31. The van der Waals surface area contributed by atoms with Crippen LogP contribution >= 0.6 is 0 Å². The third-order valence-corrected chi connectivity index (χ3v) is 3.94. The lowest BCUT2D eigenvalue weighted by atomic mass is 9.90. The van der Waals surface area contributed by atoms with Gasteiger partial charge in [0, 0.05) is 18.2 Å². The highest BCUT2D eigenvalue weighted by Gasteiger charge is 2.39. The molecule has 4 unspecified atom stereocenters. The van der Waals surface area contributed by atoms with E-state index in [1.54, 1.807) is 39.2 Å². The minimum absolute atomic E-state index is 0.318. The largest absolute Gasteiger partial charge is 0.444 e. The number of aliphatic hydroxyl groups excluding tert-OH is 1. The minimum atomic E-state index is -0.804. The fraction of sp³-hybridized carbons (Fsp3) is 0.647. The van der Waals surface area contributed by atoms with Crippen molar-refractivity contribution in [2.75, 3.05) is 5.73 Å². The van der Waals surface area contributed by atoms with Crippen LogP contribution in [0.15, 0.2) is 18.5 Å². The number of ether oxygens (including phenoxy) is 2. The molecule has 0 bridgehead atoms. The number of aliphatic hydroxyl groups is 1. The molecule has 2 rings (SSSR count). The minimum Gasteiger partial charge on any atom is -0.444 e. The number of rotatable bonds is 3. The highest BCUT2D eigenvalue weighted by molar-refractivity contribution is 5.68. The molecule has 0 radical (unpaired) electrons. The van der Waals surface area contributed by atoms with Crippen LogP contribution in [-0.4, -0.2) is 40.0 Å². The van der Waals surface area contributed by atoms with Crippen LogP contribution in [0.2, 0.25) is 0 Å². The second-order valence-corrected chi connectivity index (χ2v) is 7.06. The van der Waals surface area contributed by atoms with Gasteiger partial charge in [0.05, 0.1) is 30.1 Å². The summed E-state index contributed by atoms with van der Waals surface area (Å²) < 4.78 is 11.3. The maximum absolute atomic E-state index is 12.1. The van der Waals surface area contributed by atoms with Crippen molar-refractivity contribution in [3.63, 3.8) is 0 Å². The smallest absolute Gasteiger partial charge is 0.407 e. The fourth-order valence-electron chi connectivity index (χ4n) is 2.83. The van der Waals surface area contributed by atoms with Gasteiger partial charge in [-0.3, -0.25) is 4.98 Å². The number of carbonyl (C=O) groups is 1. The molecule has 4 atom stereocenters. The highest BCUT2D eigenvalue weighted by atomic mass is 16.6. The molecule has 0 aromatic carbocycles. The van der Waals surface area contributed by atoms with Gasteiger partial charge >= 0.3 is 6.09 Å². The zero-order chi connectivity index (χ0) is 17.9. The predicted octanol–water partition coefficient (Wildman–Crippen LogP) is 2.16. The van der Waals surface area contributed by atoms with Crippen LogP contribution in [0.5, 0.6) is 0 Å². The Morgan fingerprint density at radius 2 is 2.25 bits per heavy atom. The molecule has 0 saturated carbocycles. The highest BCUT2D eigenvalue weighted by Crippen LogP contribution is 2.35. The third kappa shape index (κ3) is 4.58. The number of hydrogen-bond donors (Lipinski definition) is 3.